The Balaban J connectivity index is 1.49. The number of benzene rings is 1. The number of carbonyl (C=O) groups is 1. The molecule has 25 heavy (non-hydrogen) atoms. The van der Waals surface area contributed by atoms with E-state index in [1.54, 1.807) is 10.9 Å². The molecule has 1 fully saturated rings. The second-order valence-electron chi connectivity index (χ2n) is 6.57. The third-order valence-corrected chi connectivity index (χ3v) is 4.73. The van der Waals surface area contributed by atoms with E-state index in [0.717, 1.165) is 38.3 Å². The van der Waals surface area contributed by atoms with Gasteiger partial charge in [-0.1, -0.05) is 35.5 Å². The van der Waals surface area contributed by atoms with Crippen molar-refractivity contribution in [1.82, 2.24) is 30.1 Å². The van der Waals surface area contributed by atoms with Crippen molar-refractivity contribution >= 4 is 5.91 Å². The topological polar surface area (TPSA) is 66.3 Å². The van der Waals surface area contributed by atoms with Crippen LogP contribution in [0.1, 0.15) is 29.0 Å². The SMILES string of the molecule is C[C@H](c1ccccc1)n1cc(C(=O)NCCN2CCN(C)CC2)nn1. The van der Waals surface area contributed by atoms with E-state index < -0.39 is 0 Å². The molecule has 7 heteroatoms. The molecule has 1 atom stereocenters. The first kappa shape index (κ1) is 17.6. The van der Waals surface area contributed by atoms with Gasteiger partial charge in [0.2, 0.25) is 0 Å². The molecule has 1 aliphatic heterocycles. The maximum atomic E-state index is 12.3. The van der Waals surface area contributed by atoms with Gasteiger partial charge < -0.3 is 10.2 Å². The highest BCUT2D eigenvalue weighted by atomic mass is 16.2. The molecule has 0 bridgehead atoms. The molecule has 1 amide bonds. The molecule has 1 N–H and O–H groups in total. The maximum Gasteiger partial charge on any atom is 0.273 e. The van der Waals surface area contributed by atoms with Gasteiger partial charge in [0.25, 0.3) is 5.91 Å². The highest BCUT2D eigenvalue weighted by Gasteiger charge is 2.16. The second kappa shape index (κ2) is 8.22. The summed E-state index contributed by atoms with van der Waals surface area (Å²) in [5.41, 5.74) is 1.50. The minimum atomic E-state index is -0.166. The van der Waals surface area contributed by atoms with Gasteiger partial charge >= 0.3 is 0 Å². The molecule has 0 unspecified atom stereocenters. The number of hydrogen-bond acceptors (Lipinski definition) is 5. The Morgan fingerprint density at radius 3 is 2.64 bits per heavy atom. The standard InChI is InChI=1S/C18H26N6O/c1-15(16-6-4-3-5-7-16)24-14-17(20-21-24)18(25)19-8-9-23-12-10-22(2)11-13-23/h3-7,14-15H,8-13H2,1-2H3,(H,19,25)/t15-/m1/s1. The number of rotatable bonds is 6. The molecule has 0 spiro atoms. The zero-order chi connectivity index (χ0) is 17.6. The molecular formula is C18H26N6O. The van der Waals surface area contributed by atoms with Crippen LogP contribution < -0.4 is 5.32 Å². The van der Waals surface area contributed by atoms with Gasteiger partial charge in [-0.25, -0.2) is 4.68 Å². The highest BCUT2D eigenvalue weighted by Crippen LogP contribution is 2.16. The quantitative estimate of drug-likeness (QED) is 0.844. The van der Waals surface area contributed by atoms with Gasteiger partial charge in [0.05, 0.1) is 12.2 Å². The summed E-state index contributed by atoms with van der Waals surface area (Å²) in [6.45, 7) is 7.81. The highest BCUT2D eigenvalue weighted by molar-refractivity contribution is 5.91. The molecule has 2 heterocycles. The van der Waals surface area contributed by atoms with Crippen LogP contribution in [-0.4, -0.2) is 77.0 Å². The summed E-state index contributed by atoms with van der Waals surface area (Å²) in [7, 11) is 2.14. The molecule has 3 rings (SSSR count). The van der Waals surface area contributed by atoms with Crippen molar-refractivity contribution in [1.29, 1.82) is 0 Å². The average molecular weight is 342 g/mol. The first-order valence-electron chi connectivity index (χ1n) is 8.79. The Kier molecular flexibility index (Phi) is 5.78. The molecule has 1 aromatic carbocycles. The van der Waals surface area contributed by atoms with Crippen LogP contribution in [0.3, 0.4) is 0 Å². The lowest BCUT2D eigenvalue weighted by Gasteiger charge is -2.32. The number of piperazine rings is 1. The molecule has 7 nitrogen and oxygen atoms in total. The van der Waals surface area contributed by atoms with E-state index in [1.165, 1.54) is 0 Å². The summed E-state index contributed by atoms with van der Waals surface area (Å²) in [6, 6.07) is 10.1. The first-order valence-corrected chi connectivity index (χ1v) is 8.79. The molecule has 2 aromatic rings. The number of nitrogens with zero attached hydrogens (tertiary/aromatic N) is 5. The van der Waals surface area contributed by atoms with Gasteiger partial charge in [0, 0.05) is 39.3 Å². The molecule has 0 aliphatic carbocycles. The molecule has 0 saturated carbocycles. The Bertz CT molecular complexity index is 678. The molecule has 134 valence electrons. The van der Waals surface area contributed by atoms with E-state index in [9.17, 15) is 4.79 Å². The van der Waals surface area contributed by atoms with Crippen LogP contribution in [0.4, 0.5) is 0 Å². The lowest BCUT2D eigenvalue weighted by molar-refractivity contribution is 0.0936. The van der Waals surface area contributed by atoms with Crippen molar-refractivity contribution < 1.29 is 4.79 Å². The molecule has 1 saturated heterocycles. The maximum absolute atomic E-state index is 12.3. The fourth-order valence-corrected chi connectivity index (χ4v) is 2.94. The monoisotopic (exact) mass is 342 g/mol. The molecular weight excluding hydrogens is 316 g/mol. The second-order valence-corrected chi connectivity index (χ2v) is 6.57. The summed E-state index contributed by atoms with van der Waals surface area (Å²) >= 11 is 0. The van der Waals surface area contributed by atoms with E-state index in [0.29, 0.717) is 12.2 Å². The summed E-state index contributed by atoms with van der Waals surface area (Å²) in [5.74, 6) is -0.166. The van der Waals surface area contributed by atoms with E-state index in [-0.39, 0.29) is 11.9 Å². The van der Waals surface area contributed by atoms with Gasteiger partial charge in [-0.05, 0) is 19.5 Å². The van der Waals surface area contributed by atoms with Gasteiger partial charge in [0.15, 0.2) is 5.69 Å². The van der Waals surface area contributed by atoms with Crippen LogP contribution in [0.25, 0.3) is 0 Å². The van der Waals surface area contributed by atoms with Crippen molar-refractivity contribution in [2.45, 2.75) is 13.0 Å². The molecule has 0 radical (unpaired) electrons. The van der Waals surface area contributed by atoms with E-state index in [4.69, 9.17) is 0 Å². The largest absolute Gasteiger partial charge is 0.349 e. The number of carbonyl (C=O) groups excluding carboxylic acids is 1. The predicted molar refractivity (Wildman–Crippen MR) is 96.5 cm³/mol. The number of amides is 1. The van der Waals surface area contributed by atoms with Crippen LogP contribution in [0, 0.1) is 0 Å². The van der Waals surface area contributed by atoms with Crippen molar-refractivity contribution in [3.05, 3.63) is 47.8 Å². The Morgan fingerprint density at radius 1 is 1.20 bits per heavy atom. The van der Waals surface area contributed by atoms with Gasteiger partial charge in [-0.15, -0.1) is 5.10 Å². The zero-order valence-electron chi connectivity index (χ0n) is 14.9. The van der Waals surface area contributed by atoms with Crippen LogP contribution >= 0.6 is 0 Å². The van der Waals surface area contributed by atoms with Crippen LogP contribution in [0.5, 0.6) is 0 Å². The zero-order valence-corrected chi connectivity index (χ0v) is 14.9. The summed E-state index contributed by atoms with van der Waals surface area (Å²) in [6.07, 6.45) is 1.71. The van der Waals surface area contributed by atoms with Gasteiger partial charge in [0.1, 0.15) is 0 Å². The fraction of sp³-hybridized carbons (Fsp3) is 0.500. The lowest BCUT2D eigenvalue weighted by Crippen LogP contribution is -2.46. The van der Waals surface area contributed by atoms with E-state index in [2.05, 4.69) is 32.5 Å². The van der Waals surface area contributed by atoms with Crippen molar-refractivity contribution in [3.8, 4) is 0 Å². The minimum absolute atomic E-state index is 0.0422. The number of hydrogen-bond donors (Lipinski definition) is 1. The fourth-order valence-electron chi connectivity index (χ4n) is 2.94. The average Bonchev–Trinajstić information content (AvgIpc) is 3.13. The smallest absolute Gasteiger partial charge is 0.273 e. The number of nitrogens with one attached hydrogen (secondary N) is 1. The van der Waals surface area contributed by atoms with Crippen molar-refractivity contribution in [2.24, 2.45) is 0 Å². The molecule has 1 aromatic heterocycles. The van der Waals surface area contributed by atoms with Crippen LogP contribution in [0.2, 0.25) is 0 Å². The Hall–Kier alpha value is -2.25. The first-order chi connectivity index (χ1) is 12.1. The Labute approximate surface area is 148 Å². The lowest BCUT2D eigenvalue weighted by atomic mass is 10.1. The number of aromatic nitrogens is 3. The van der Waals surface area contributed by atoms with Crippen LogP contribution in [0.15, 0.2) is 36.5 Å². The van der Waals surface area contributed by atoms with Gasteiger partial charge in [-0.2, -0.15) is 0 Å². The van der Waals surface area contributed by atoms with E-state index >= 15 is 0 Å². The summed E-state index contributed by atoms with van der Waals surface area (Å²) in [5, 5.41) is 11.1. The van der Waals surface area contributed by atoms with Crippen molar-refractivity contribution in [3.63, 3.8) is 0 Å². The minimum Gasteiger partial charge on any atom is -0.349 e. The predicted octanol–water partition coefficient (Wildman–Crippen LogP) is 0.865. The normalized spacial score (nSPS) is 17.4. The number of likely N-dealkylation sites (N-methyl/N-ethyl adjacent to an activating group) is 1. The van der Waals surface area contributed by atoms with E-state index in [1.807, 2.05) is 37.3 Å². The third kappa shape index (κ3) is 4.64. The van der Waals surface area contributed by atoms with Gasteiger partial charge in [-0.3, -0.25) is 9.69 Å². The van der Waals surface area contributed by atoms with Crippen LogP contribution in [-0.2, 0) is 0 Å². The summed E-state index contributed by atoms with van der Waals surface area (Å²) < 4.78 is 1.73. The molecule has 1 aliphatic rings. The third-order valence-electron chi connectivity index (χ3n) is 4.73. The summed E-state index contributed by atoms with van der Waals surface area (Å²) in [4.78, 5) is 16.9. The van der Waals surface area contributed by atoms with Crippen molar-refractivity contribution in [2.75, 3.05) is 46.3 Å². The Morgan fingerprint density at radius 2 is 1.92 bits per heavy atom.